The van der Waals surface area contributed by atoms with E-state index in [-0.39, 0.29) is 0 Å². The zero-order valence-corrected chi connectivity index (χ0v) is 43.1. The zero-order chi connectivity index (χ0) is 54.5. The lowest BCUT2D eigenvalue weighted by Crippen LogP contribution is -1.78. The number of para-hydroxylation sites is 2. The monoisotopic (exact) mass is 1040 g/mol. The molecule has 0 atom stereocenters. The van der Waals surface area contributed by atoms with E-state index in [1.807, 2.05) is 207 Å². The number of aromatic nitrogens is 14. The molecule has 13 aromatic heterocycles. The number of rotatable bonds is 0. The minimum absolute atomic E-state index is 0.810. The highest BCUT2D eigenvalue weighted by molar-refractivity contribution is 5.82. The Bertz CT molecular complexity index is 3080. The SMILES string of the molecule is c1cc2cnccc2cn1.c1ccc2cnccc2c1.c1ccc2ncccc2c1.c1ccc2ncncc2c1.c1cnc2cccnc2c1.c1cnc2ccncc2c1.c1cnc2cnccc2c1.c1cnc2ncccc2c1. The summed E-state index contributed by atoms with van der Waals surface area (Å²) in [6.45, 7) is 0. The van der Waals surface area contributed by atoms with Crippen LogP contribution in [0.15, 0.2) is 306 Å². The first-order valence-electron chi connectivity index (χ1n) is 25.2. The van der Waals surface area contributed by atoms with Crippen LogP contribution in [-0.4, -0.2) is 69.8 Å². The van der Waals surface area contributed by atoms with E-state index >= 15 is 0 Å². The molecule has 13 heterocycles. The summed E-state index contributed by atoms with van der Waals surface area (Å²) in [6.07, 6.45) is 33.7. The van der Waals surface area contributed by atoms with Crippen molar-refractivity contribution in [1.29, 1.82) is 0 Å². The maximum absolute atomic E-state index is 4.18. The second kappa shape index (κ2) is 29.6. The molecule has 0 N–H and O–H groups in total. The van der Waals surface area contributed by atoms with Gasteiger partial charge in [-0.25, -0.2) is 19.9 Å². The molecular formula is C66H50N14. The van der Waals surface area contributed by atoms with Crippen molar-refractivity contribution in [1.82, 2.24) is 69.8 Å². The van der Waals surface area contributed by atoms with Crippen molar-refractivity contribution in [3.63, 3.8) is 0 Å². The molecule has 0 aliphatic rings. The van der Waals surface area contributed by atoms with E-state index in [9.17, 15) is 0 Å². The van der Waals surface area contributed by atoms with E-state index in [0.29, 0.717) is 0 Å². The molecule has 80 heavy (non-hydrogen) atoms. The lowest BCUT2D eigenvalue weighted by Gasteiger charge is -1.91. The Labute approximate surface area is 460 Å². The van der Waals surface area contributed by atoms with Gasteiger partial charge in [-0.15, -0.1) is 0 Å². The molecule has 0 bridgehead atoms. The van der Waals surface area contributed by atoms with Gasteiger partial charge in [0, 0.05) is 143 Å². The van der Waals surface area contributed by atoms with Crippen LogP contribution in [0, 0.1) is 0 Å². The van der Waals surface area contributed by atoms with E-state index in [1.54, 1.807) is 74.5 Å². The minimum atomic E-state index is 0.810. The van der Waals surface area contributed by atoms with Crippen LogP contribution in [0.3, 0.4) is 0 Å². The number of fused-ring (bicyclic) bond motifs is 8. The third-order valence-corrected chi connectivity index (χ3v) is 11.5. The van der Waals surface area contributed by atoms with Gasteiger partial charge in [0.2, 0.25) is 0 Å². The molecule has 0 amide bonds. The number of hydrogen-bond acceptors (Lipinski definition) is 14. The maximum Gasteiger partial charge on any atom is 0.159 e. The Morgan fingerprint density at radius 2 is 0.475 bits per heavy atom. The Morgan fingerprint density at radius 3 is 1.00 bits per heavy atom. The van der Waals surface area contributed by atoms with E-state index in [4.69, 9.17) is 0 Å². The lowest BCUT2D eigenvalue weighted by atomic mass is 10.2. The lowest BCUT2D eigenvalue weighted by molar-refractivity contribution is 1.22. The molecule has 384 valence electrons. The van der Waals surface area contributed by atoms with Gasteiger partial charge in [-0.05, 0) is 126 Å². The number of nitrogens with zero attached hydrogens (tertiary/aromatic N) is 14. The second-order valence-electron chi connectivity index (χ2n) is 16.8. The fourth-order valence-corrected chi connectivity index (χ4v) is 7.53. The van der Waals surface area contributed by atoms with E-state index in [1.165, 1.54) is 16.2 Å². The highest BCUT2D eigenvalue weighted by Crippen LogP contribution is 2.13. The fraction of sp³-hybridized carbons (Fsp3) is 0. The van der Waals surface area contributed by atoms with E-state index in [2.05, 4.69) is 94.0 Å². The number of benzene rings is 3. The van der Waals surface area contributed by atoms with Gasteiger partial charge >= 0.3 is 0 Å². The van der Waals surface area contributed by atoms with Crippen molar-refractivity contribution in [2.24, 2.45) is 0 Å². The third-order valence-electron chi connectivity index (χ3n) is 11.5. The van der Waals surface area contributed by atoms with Crippen LogP contribution in [0.1, 0.15) is 0 Å². The highest BCUT2D eigenvalue weighted by Gasteiger charge is 1.93. The summed E-state index contributed by atoms with van der Waals surface area (Å²) in [5, 5.41) is 10.3. The van der Waals surface area contributed by atoms with Crippen molar-refractivity contribution in [3.05, 3.63) is 306 Å². The minimum Gasteiger partial charge on any atom is -0.264 e. The number of hydrogen-bond donors (Lipinski definition) is 0. The summed E-state index contributed by atoms with van der Waals surface area (Å²) in [6, 6.07) is 61.2. The Hall–Kier alpha value is -11.4. The molecule has 0 spiro atoms. The van der Waals surface area contributed by atoms with Crippen LogP contribution >= 0.6 is 0 Å². The van der Waals surface area contributed by atoms with Gasteiger partial charge in [0.1, 0.15) is 6.33 Å². The predicted octanol–water partition coefficient (Wildman–Crippen LogP) is 14.2. The van der Waals surface area contributed by atoms with Crippen LogP contribution in [0.5, 0.6) is 0 Å². The molecule has 16 rings (SSSR count). The summed E-state index contributed by atoms with van der Waals surface area (Å²) in [7, 11) is 0. The van der Waals surface area contributed by atoms with Gasteiger partial charge in [0.05, 0.1) is 39.3 Å². The molecule has 14 heteroatoms. The van der Waals surface area contributed by atoms with Gasteiger partial charge in [-0.1, -0.05) is 72.8 Å². The first kappa shape index (κ1) is 53.4. The molecule has 16 aromatic rings. The normalized spacial score (nSPS) is 10.0. The Morgan fingerprint density at radius 1 is 0.163 bits per heavy atom. The predicted molar refractivity (Wildman–Crippen MR) is 321 cm³/mol. The van der Waals surface area contributed by atoms with Crippen molar-refractivity contribution in [3.8, 4) is 0 Å². The number of pyridine rings is 12. The molecule has 0 aliphatic carbocycles. The van der Waals surface area contributed by atoms with Crippen molar-refractivity contribution in [2.45, 2.75) is 0 Å². The fourth-order valence-electron chi connectivity index (χ4n) is 7.53. The average Bonchev–Trinajstić information content (AvgIpc) is 3.56. The molecular weight excluding hydrogens is 989 g/mol. The summed E-state index contributed by atoms with van der Waals surface area (Å²) >= 11 is 0. The van der Waals surface area contributed by atoms with E-state index in [0.717, 1.165) is 71.1 Å². The second-order valence-corrected chi connectivity index (χ2v) is 16.8. The molecule has 0 saturated carbocycles. The summed E-state index contributed by atoms with van der Waals surface area (Å²) in [4.78, 5) is 56.7. The van der Waals surface area contributed by atoms with Crippen molar-refractivity contribution >= 4 is 87.2 Å². The zero-order valence-electron chi connectivity index (χ0n) is 43.1. The summed E-state index contributed by atoms with van der Waals surface area (Å²) < 4.78 is 0. The molecule has 0 aliphatic heterocycles. The Kier molecular flexibility index (Phi) is 19.8. The van der Waals surface area contributed by atoms with Gasteiger partial charge in [-0.3, -0.25) is 49.8 Å². The van der Waals surface area contributed by atoms with Crippen LogP contribution < -0.4 is 0 Å². The molecule has 14 nitrogen and oxygen atoms in total. The van der Waals surface area contributed by atoms with Gasteiger partial charge in [0.25, 0.3) is 0 Å². The van der Waals surface area contributed by atoms with Crippen molar-refractivity contribution in [2.75, 3.05) is 0 Å². The first-order chi connectivity index (χ1) is 39.7. The summed E-state index contributed by atoms with van der Waals surface area (Å²) in [5.74, 6) is 0. The topological polar surface area (TPSA) is 180 Å². The average molecular weight is 1040 g/mol. The maximum atomic E-state index is 4.18. The van der Waals surface area contributed by atoms with Gasteiger partial charge in [0.15, 0.2) is 5.65 Å². The molecule has 0 saturated heterocycles. The molecule has 3 aromatic carbocycles. The summed E-state index contributed by atoms with van der Waals surface area (Å²) in [5.41, 5.74) is 6.71. The first-order valence-corrected chi connectivity index (χ1v) is 25.2. The van der Waals surface area contributed by atoms with Crippen LogP contribution in [0.2, 0.25) is 0 Å². The van der Waals surface area contributed by atoms with Gasteiger partial charge < -0.3 is 0 Å². The van der Waals surface area contributed by atoms with Crippen molar-refractivity contribution < 1.29 is 0 Å². The quantitative estimate of drug-likeness (QED) is 0.140. The standard InChI is InChI=1S/2C9H7N.6C8H6N2/c1-2-6-9-8(4-1)5-3-7-10-9;1-2-4-9-7-10-6-5-8(9)3-1;1-3-9-6-8-2-4-10-5-7(1)8;1-3-7-8(9-5-1)4-2-6-10-7;1-3-7-4-2-6-10-8(7)9-5-1;1-2-7-6-9-5-3-8(7)10-4-1;1-2-7-3-5-9-6-8(7)10-4-1;1-2-4-8-7(3-1)5-9-6-10-8/h2*1-7H;6*1-6H. The van der Waals surface area contributed by atoms with Gasteiger partial charge in [-0.2, -0.15) is 0 Å². The largest absolute Gasteiger partial charge is 0.264 e. The van der Waals surface area contributed by atoms with Crippen LogP contribution in [0.25, 0.3) is 87.2 Å². The van der Waals surface area contributed by atoms with Crippen LogP contribution in [-0.2, 0) is 0 Å². The smallest absolute Gasteiger partial charge is 0.159 e. The highest BCUT2D eigenvalue weighted by atomic mass is 14.8. The van der Waals surface area contributed by atoms with E-state index < -0.39 is 0 Å². The third kappa shape index (κ3) is 16.3. The molecule has 0 unspecified atom stereocenters. The molecule has 0 radical (unpaired) electrons. The Balaban J connectivity index is 0.000000111. The van der Waals surface area contributed by atoms with Crippen LogP contribution in [0.4, 0.5) is 0 Å². The molecule has 0 fully saturated rings.